The van der Waals surface area contributed by atoms with E-state index in [0.717, 1.165) is 40.0 Å². The van der Waals surface area contributed by atoms with Crippen molar-refractivity contribution in [3.8, 4) is 22.9 Å². The van der Waals surface area contributed by atoms with Gasteiger partial charge in [-0.05, 0) is 37.1 Å². The largest absolute Gasteiger partial charge is 0.421 e. The zero-order valence-electron chi connectivity index (χ0n) is 15.3. The molecule has 4 rings (SSSR count). The summed E-state index contributed by atoms with van der Waals surface area (Å²) in [5, 5.41) is 0.942. The van der Waals surface area contributed by atoms with Gasteiger partial charge in [-0.25, -0.2) is 24.3 Å². The summed E-state index contributed by atoms with van der Waals surface area (Å²) < 4.78 is 22.1. The molecule has 0 bridgehead atoms. The Hall–Kier alpha value is -3.35. The van der Waals surface area contributed by atoms with Crippen LogP contribution in [0.15, 0.2) is 43.0 Å². The first-order chi connectivity index (χ1) is 13.1. The number of rotatable bonds is 4. The highest BCUT2D eigenvalue weighted by Gasteiger charge is 2.16. The minimum absolute atomic E-state index is 0.0801. The summed E-state index contributed by atoms with van der Waals surface area (Å²) in [4.78, 5) is 16.9. The summed E-state index contributed by atoms with van der Waals surface area (Å²) in [5.74, 6) is -0.402. The van der Waals surface area contributed by atoms with Gasteiger partial charge in [0.2, 0.25) is 0 Å². The molecule has 0 aliphatic rings. The molecule has 0 aliphatic carbocycles. The van der Waals surface area contributed by atoms with Crippen LogP contribution in [0.1, 0.15) is 18.3 Å². The van der Waals surface area contributed by atoms with Gasteiger partial charge in [0.1, 0.15) is 12.0 Å². The van der Waals surface area contributed by atoms with Crippen molar-refractivity contribution in [2.24, 2.45) is 7.05 Å². The SMILES string of the molecule is CCc1ncnc2c1c(-c1ccc(Oc3nccc(C)n3)c(F)c1)cn2C. The third-order valence-electron chi connectivity index (χ3n) is 4.38. The van der Waals surface area contributed by atoms with E-state index in [2.05, 4.69) is 19.9 Å². The Bertz CT molecular complexity index is 1140. The smallest absolute Gasteiger partial charge is 0.322 e. The monoisotopic (exact) mass is 363 g/mol. The van der Waals surface area contributed by atoms with Crippen LogP contribution in [0.3, 0.4) is 0 Å². The zero-order valence-corrected chi connectivity index (χ0v) is 15.3. The maximum absolute atomic E-state index is 14.7. The lowest BCUT2D eigenvalue weighted by molar-refractivity contribution is 0.410. The van der Waals surface area contributed by atoms with Crippen LogP contribution in [-0.4, -0.2) is 24.5 Å². The minimum Gasteiger partial charge on any atom is -0.421 e. The van der Waals surface area contributed by atoms with Gasteiger partial charge in [-0.2, -0.15) is 0 Å². The average molecular weight is 363 g/mol. The van der Waals surface area contributed by atoms with Crippen molar-refractivity contribution in [2.45, 2.75) is 20.3 Å². The predicted octanol–water partition coefficient (Wildman–Crippen LogP) is 4.23. The van der Waals surface area contributed by atoms with E-state index in [-0.39, 0.29) is 11.8 Å². The van der Waals surface area contributed by atoms with Crippen LogP contribution in [0.5, 0.6) is 11.8 Å². The summed E-state index contributed by atoms with van der Waals surface area (Å²) in [6, 6.07) is 6.72. The van der Waals surface area contributed by atoms with E-state index in [1.807, 2.05) is 37.7 Å². The standard InChI is InChI=1S/C20H18FN5O/c1-4-16-18-14(10-26(3)19(18)24-11-23-16)13-5-6-17(15(21)9-13)27-20-22-8-7-12(2)25-20/h5-11H,4H2,1-3H3. The molecule has 27 heavy (non-hydrogen) atoms. The first-order valence-corrected chi connectivity index (χ1v) is 8.63. The Balaban J connectivity index is 1.76. The fraction of sp³-hybridized carbons (Fsp3) is 0.200. The molecule has 0 atom stereocenters. The number of hydrogen-bond acceptors (Lipinski definition) is 5. The fourth-order valence-electron chi connectivity index (χ4n) is 3.09. The van der Waals surface area contributed by atoms with Gasteiger partial charge in [0.25, 0.3) is 0 Å². The maximum Gasteiger partial charge on any atom is 0.322 e. The van der Waals surface area contributed by atoms with Gasteiger partial charge in [-0.1, -0.05) is 13.0 Å². The van der Waals surface area contributed by atoms with Crippen LogP contribution in [0.25, 0.3) is 22.2 Å². The van der Waals surface area contributed by atoms with E-state index < -0.39 is 5.82 Å². The Morgan fingerprint density at radius 1 is 1.15 bits per heavy atom. The van der Waals surface area contributed by atoms with Crippen LogP contribution in [0.4, 0.5) is 4.39 Å². The molecular formula is C20H18FN5O. The number of ether oxygens (including phenoxy) is 1. The number of halogens is 1. The van der Waals surface area contributed by atoms with E-state index in [9.17, 15) is 4.39 Å². The molecule has 0 N–H and O–H groups in total. The third-order valence-corrected chi connectivity index (χ3v) is 4.38. The summed E-state index contributed by atoms with van der Waals surface area (Å²) in [5.41, 5.74) is 4.14. The van der Waals surface area contributed by atoms with Crippen molar-refractivity contribution >= 4 is 11.0 Å². The van der Waals surface area contributed by atoms with Gasteiger partial charge >= 0.3 is 6.01 Å². The second kappa shape index (κ2) is 6.75. The highest BCUT2D eigenvalue weighted by Crippen LogP contribution is 2.34. The number of fused-ring (bicyclic) bond motifs is 1. The summed E-state index contributed by atoms with van der Waals surface area (Å²) in [7, 11) is 1.92. The summed E-state index contributed by atoms with van der Waals surface area (Å²) in [6.45, 7) is 3.86. The molecule has 0 unspecified atom stereocenters. The van der Waals surface area contributed by atoms with Crippen LogP contribution in [0.2, 0.25) is 0 Å². The Morgan fingerprint density at radius 3 is 2.74 bits per heavy atom. The topological polar surface area (TPSA) is 65.7 Å². The van der Waals surface area contributed by atoms with Crippen molar-refractivity contribution < 1.29 is 9.13 Å². The number of aryl methyl sites for hydroxylation is 3. The van der Waals surface area contributed by atoms with Crippen LogP contribution < -0.4 is 4.74 Å². The zero-order chi connectivity index (χ0) is 19.0. The van der Waals surface area contributed by atoms with Gasteiger partial charge in [0.15, 0.2) is 11.6 Å². The van der Waals surface area contributed by atoms with E-state index in [4.69, 9.17) is 4.74 Å². The van der Waals surface area contributed by atoms with E-state index >= 15 is 0 Å². The number of hydrogen-bond donors (Lipinski definition) is 0. The third kappa shape index (κ3) is 3.12. The Labute approximate surface area is 155 Å². The first kappa shape index (κ1) is 17.1. The molecule has 3 heterocycles. The Morgan fingerprint density at radius 2 is 2.00 bits per heavy atom. The van der Waals surface area contributed by atoms with Gasteiger partial charge in [-0.15, -0.1) is 0 Å². The van der Waals surface area contributed by atoms with E-state index in [1.54, 1.807) is 24.7 Å². The van der Waals surface area contributed by atoms with Crippen molar-refractivity contribution in [3.05, 3.63) is 60.2 Å². The van der Waals surface area contributed by atoms with Crippen molar-refractivity contribution in [2.75, 3.05) is 0 Å². The van der Waals surface area contributed by atoms with Crippen LogP contribution in [0, 0.1) is 12.7 Å². The molecule has 0 saturated heterocycles. The highest BCUT2D eigenvalue weighted by atomic mass is 19.1. The molecule has 136 valence electrons. The Kier molecular flexibility index (Phi) is 4.27. The quantitative estimate of drug-likeness (QED) is 0.543. The first-order valence-electron chi connectivity index (χ1n) is 8.63. The predicted molar refractivity (Wildman–Crippen MR) is 100 cm³/mol. The molecule has 1 aromatic carbocycles. The van der Waals surface area contributed by atoms with E-state index in [1.165, 1.54) is 6.07 Å². The molecule has 0 amide bonds. The van der Waals surface area contributed by atoms with Gasteiger partial charge in [0.05, 0.1) is 5.69 Å². The average Bonchev–Trinajstić information content (AvgIpc) is 3.00. The molecule has 4 aromatic rings. The lowest BCUT2D eigenvalue weighted by atomic mass is 10.0. The van der Waals surface area contributed by atoms with Crippen molar-refractivity contribution in [1.29, 1.82) is 0 Å². The second-order valence-corrected chi connectivity index (χ2v) is 6.25. The van der Waals surface area contributed by atoms with Crippen molar-refractivity contribution in [1.82, 2.24) is 24.5 Å². The van der Waals surface area contributed by atoms with Gasteiger partial charge in [0, 0.05) is 36.1 Å². The second-order valence-electron chi connectivity index (χ2n) is 6.25. The molecule has 6 nitrogen and oxygen atoms in total. The maximum atomic E-state index is 14.7. The highest BCUT2D eigenvalue weighted by molar-refractivity contribution is 5.95. The van der Waals surface area contributed by atoms with Gasteiger partial charge in [-0.3, -0.25) is 0 Å². The normalized spacial score (nSPS) is 11.1. The van der Waals surface area contributed by atoms with Crippen LogP contribution >= 0.6 is 0 Å². The number of benzene rings is 1. The van der Waals surface area contributed by atoms with Gasteiger partial charge < -0.3 is 9.30 Å². The summed E-state index contributed by atoms with van der Waals surface area (Å²) >= 11 is 0. The molecule has 0 radical (unpaired) electrons. The summed E-state index contributed by atoms with van der Waals surface area (Å²) in [6.07, 6.45) is 5.85. The molecule has 7 heteroatoms. The van der Waals surface area contributed by atoms with E-state index in [0.29, 0.717) is 0 Å². The number of aromatic nitrogens is 5. The van der Waals surface area contributed by atoms with Crippen LogP contribution in [-0.2, 0) is 13.5 Å². The minimum atomic E-state index is -0.482. The van der Waals surface area contributed by atoms with Crippen molar-refractivity contribution in [3.63, 3.8) is 0 Å². The fourth-order valence-corrected chi connectivity index (χ4v) is 3.09. The lowest BCUT2D eigenvalue weighted by Gasteiger charge is -2.08. The molecule has 0 spiro atoms. The molecule has 0 saturated carbocycles. The molecule has 0 fully saturated rings. The molecular weight excluding hydrogens is 345 g/mol. The number of nitrogens with zero attached hydrogens (tertiary/aromatic N) is 5. The molecule has 0 aliphatic heterocycles. The molecule has 3 aromatic heterocycles. The lowest BCUT2D eigenvalue weighted by Crippen LogP contribution is -1.95.